The molecule has 2 aliphatic rings. The molecule has 1 N–H and O–H groups in total. The average Bonchev–Trinajstić information content (AvgIpc) is 3.24. The highest BCUT2D eigenvalue weighted by atomic mass is 16.5. The van der Waals surface area contributed by atoms with Crippen LogP contribution in [0.15, 0.2) is 24.3 Å². The van der Waals surface area contributed by atoms with E-state index in [0.29, 0.717) is 26.2 Å². The molecule has 3 atom stereocenters. The third-order valence-corrected chi connectivity index (χ3v) is 7.01. The zero-order valence-electron chi connectivity index (χ0n) is 21.6. The van der Waals surface area contributed by atoms with Crippen LogP contribution in [0.4, 0.5) is 4.79 Å². The van der Waals surface area contributed by atoms with Crippen LogP contribution in [0.25, 0.3) is 0 Å². The molecule has 7 heteroatoms. The van der Waals surface area contributed by atoms with E-state index in [0.717, 1.165) is 57.7 Å². The number of alkyl carbamates (subject to hydrolysis) is 1. The summed E-state index contributed by atoms with van der Waals surface area (Å²) >= 11 is 0. The van der Waals surface area contributed by atoms with Crippen molar-refractivity contribution >= 4 is 18.3 Å². The highest BCUT2D eigenvalue weighted by molar-refractivity contribution is 5.88. The number of carbonyl (C=O) groups excluding carboxylic acids is 3. The van der Waals surface area contributed by atoms with Crippen LogP contribution in [0.2, 0.25) is 0 Å². The number of amides is 2. The normalized spacial score (nSPS) is 26.1. The first-order valence-corrected chi connectivity index (χ1v) is 13.2. The van der Waals surface area contributed by atoms with Gasteiger partial charge in [-0.2, -0.15) is 0 Å². The largest absolute Gasteiger partial charge is 0.450 e. The van der Waals surface area contributed by atoms with Crippen LogP contribution < -0.4 is 5.32 Å². The van der Waals surface area contributed by atoms with Crippen molar-refractivity contribution < 1.29 is 23.9 Å². The van der Waals surface area contributed by atoms with Gasteiger partial charge in [0.25, 0.3) is 0 Å². The van der Waals surface area contributed by atoms with Crippen molar-refractivity contribution in [3.63, 3.8) is 0 Å². The summed E-state index contributed by atoms with van der Waals surface area (Å²) in [6, 6.07) is 7.29. The van der Waals surface area contributed by atoms with E-state index in [-0.39, 0.29) is 12.0 Å². The average molecular weight is 487 g/mol. The molecule has 1 fully saturated rings. The van der Waals surface area contributed by atoms with Crippen LogP contribution in [0.1, 0.15) is 76.8 Å². The van der Waals surface area contributed by atoms with Gasteiger partial charge in [-0.15, -0.1) is 0 Å². The molecule has 0 unspecified atom stereocenters. The van der Waals surface area contributed by atoms with Crippen LogP contribution in [0, 0.1) is 5.41 Å². The SMILES string of the molecule is CC(C)(C)[C@@H]1NC(=O)OCCCCCCCc2ccccc2CCCO[C@@H]2C[C@@H](C=O)N(C2)C1=O. The Labute approximate surface area is 209 Å². The predicted molar refractivity (Wildman–Crippen MR) is 135 cm³/mol. The molecule has 0 aliphatic carbocycles. The maximum Gasteiger partial charge on any atom is 0.407 e. The Bertz CT molecular complexity index is 850. The number of hydrogen-bond donors (Lipinski definition) is 1. The maximum absolute atomic E-state index is 13.5. The number of benzene rings is 1. The van der Waals surface area contributed by atoms with E-state index in [1.807, 2.05) is 20.8 Å². The molecule has 1 aromatic carbocycles. The number of fused-ring (bicyclic) bond motifs is 3. The highest BCUT2D eigenvalue weighted by Gasteiger charge is 2.42. The Morgan fingerprint density at radius 2 is 1.60 bits per heavy atom. The molecule has 7 nitrogen and oxygen atoms in total. The van der Waals surface area contributed by atoms with Gasteiger partial charge in [0.15, 0.2) is 0 Å². The van der Waals surface area contributed by atoms with Gasteiger partial charge in [0.2, 0.25) is 5.91 Å². The van der Waals surface area contributed by atoms with E-state index in [2.05, 4.69) is 29.6 Å². The molecule has 3 rings (SSSR count). The summed E-state index contributed by atoms with van der Waals surface area (Å²) in [7, 11) is 0. The molecule has 0 saturated carbocycles. The molecule has 0 radical (unpaired) electrons. The summed E-state index contributed by atoms with van der Waals surface area (Å²) in [5, 5.41) is 2.77. The van der Waals surface area contributed by atoms with Gasteiger partial charge in [-0.1, -0.05) is 64.3 Å². The molecular formula is C28H42N2O5. The van der Waals surface area contributed by atoms with E-state index in [4.69, 9.17) is 9.47 Å². The Kier molecular flexibility index (Phi) is 10.1. The minimum Gasteiger partial charge on any atom is -0.450 e. The first kappa shape index (κ1) is 27.2. The fourth-order valence-electron chi connectivity index (χ4n) is 4.97. The van der Waals surface area contributed by atoms with Crippen LogP contribution >= 0.6 is 0 Å². The number of ether oxygens (including phenoxy) is 2. The first-order chi connectivity index (χ1) is 16.8. The Morgan fingerprint density at radius 1 is 0.943 bits per heavy atom. The van der Waals surface area contributed by atoms with E-state index in [9.17, 15) is 14.4 Å². The lowest BCUT2D eigenvalue weighted by Gasteiger charge is -2.34. The lowest BCUT2D eigenvalue weighted by molar-refractivity contribution is -0.139. The van der Waals surface area contributed by atoms with Crippen LogP contribution in [0.5, 0.6) is 0 Å². The smallest absolute Gasteiger partial charge is 0.407 e. The third-order valence-electron chi connectivity index (χ3n) is 7.01. The van der Waals surface area contributed by atoms with Gasteiger partial charge in [0.1, 0.15) is 12.3 Å². The summed E-state index contributed by atoms with van der Waals surface area (Å²) in [5.41, 5.74) is 2.25. The van der Waals surface area contributed by atoms with Crippen molar-refractivity contribution in [1.29, 1.82) is 0 Å². The van der Waals surface area contributed by atoms with Crippen LogP contribution in [-0.4, -0.2) is 61.1 Å². The molecule has 2 bridgehead atoms. The number of nitrogens with zero attached hydrogens (tertiary/aromatic N) is 1. The molecular weight excluding hydrogens is 444 g/mol. The Morgan fingerprint density at radius 3 is 2.29 bits per heavy atom. The second kappa shape index (κ2) is 13.1. The summed E-state index contributed by atoms with van der Waals surface area (Å²) in [6.07, 6.45) is 8.65. The molecule has 194 valence electrons. The number of rotatable bonds is 1. The lowest BCUT2D eigenvalue weighted by Crippen LogP contribution is -2.56. The van der Waals surface area contributed by atoms with Crippen molar-refractivity contribution in [3.8, 4) is 0 Å². The van der Waals surface area contributed by atoms with Crippen molar-refractivity contribution in [2.45, 2.75) is 96.7 Å². The monoisotopic (exact) mass is 486 g/mol. The lowest BCUT2D eigenvalue weighted by atomic mass is 9.85. The van der Waals surface area contributed by atoms with Gasteiger partial charge < -0.3 is 24.5 Å². The van der Waals surface area contributed by atoms with Gasteiger partial charge in [-0.25, -0.2) is 4.79 Å². The van der Waals surface area contributed by atoms with Crippen molar-refractivity contribution in [2.75, 3.05) is 19.8 Å². The standard InChI is InChI=1S/C28H42N2O5/c1-28(2,3)25-26(32)30-19-24(18-23(30)20-31)34-17-11-15-22-14-9-8-13-21(22)12-7-5-4-6-10-16-35-27(33)29-25/h8-9,13-14,20,23-25H,4-7,10-12,15-19H2,1-3H3,(H,29,33)/t23-,24+,25+/m0/s1. The molecule has 1 aromatic rings. The van der Waals surface area contributed by atoms with Crippen LogP contribution in [0.3, 0.4) is 0 Å². The molecule has 1 saturated heterocycles. The third kappa shape index (κ3) is 8.06. The number of hydrogen-bond acceptors (Lipinski definition) is 5. The second-order valence-corrected chi connectivity index (χ2v) is 10.9. The summed E-state index contributed by atoms with van der Waals surface area (Å²) in [6.45, 7) is 6.96. The zero-order chi connectivity index (χ0) is 25.3. The minimum atomic E-state index is -0.790. The summed E-state index contributed by atoms with van der Waals surface area (Å²) < 4.78 is 11.5. The molecule has 2 amide bonds. The van der Waals surface area contributed by atoms with Gasteiger partial charge in [-0.3, -0.25) is 4.79 Å². The predicted octanol–water partition coefficient (Wildman–Crippen LogP) is 4.45. The minimum absolute atomic E-state index is 0.189. The second-order valence-electron chi connectivity index (χ2n) is 10.9. The zero-order valence-corrected chi connectivity index (χ0v) is 21.6. The van der Waals surface area contributed by atoms with Crippen molar-refractivity contribution in [3.05, 3.63) is 35.4 Å². The van der Waals surface area contributed by atoms with Crippen molar-refractivity contribution in [2.24, 2.45) is 5.41 Å². The Balaban J connectivity index is 1.71. The summed E-state index contributed by atoms with van der Waals surface area (Å²) in [4.78, 5) is 39.3. The molecule has 2 heterocycles. The molecule has 2 aliphatic heterocycles. The van der Waals surface area contributed by atoms with Crippen LogP contribution in [-0.2, 0) is 31.9 Å². The van der Waals surface area contributed by atoms with E-state index in [1.165, 1.54) is 11.1 Å². The number of cyclic esters (lactones) is 1. The maximum atomic E-state index is 13.5. The van der Waals surface area contributed by atoms with Gasteiger partial charge in [0, 0.05) is 19.6 Å². The topological polar surface area (TPSA) is 84.9 Å². The first-order valence-electron chi connectivity index (χ1n) is 13.2. The van der Waals surface area contributed by atoms with Gasteiger partial charge in [-0.05, 0) is 48.6 Å². The van der Waals surface area contributed by atoms with E-state index < -0.39 is 23.6 Å². The molecule has 0 spiro atoms. The number of carbonyl (C=O) groups is 3. The number of aryl methyl sites for hydroxylation is 2. The van der Waals surface area contributed by atoms with E-state index >= 15 is 0 Å². The molecule has 0 aromatic heterocycles. The fraction of sp³-hybridized carbons (Fsp3) is 0.679. The Hall–Kier alpha value is -2.41. The van der Waals surface area contributed by atoms with E-state index in [1.54, 1.807) is 4.90 Å². The fourth-order valence-corrected chi connectivity index (χ4v) is 4.97. The molecule has 35 heavy (non-hydrogen) atoms. The highest BCUT2D eigenvalue weighted by Crippen LogP contribution is 2.27. The number of nitrogens with one attached hydrogen (secondary N) is 1. The summed E-state index contributed by atoms with van der Waals surface area (Å²) in [5.74, 6) is -0.266. The number of aldehydes is 1. The quantitative estimate of drug-likeness (QED) is 0.593. The van der Waals surface area contributed by atoms with Gasteiger partial charge in [0.05, 0.1) is 18.8 Å². The van der Waals surface area contributed by atoms with Gasteiger partial charge >= 0.3 is 6.09 Å². The van der Waals surface area contributed by atoms with Crippen molar-refractivity contribution in [1.82, 2.24) is 10.2 Å².